The van der Waals surface area contributed by atoms with E-state index in [2.05, 4.69) is 16.2 Å². The lowest BCUT2D eigenvalue weighted by Gasteiger charge is -2.64. The van der Waals surface area contributed by atoms with Gasteiger partial charge in [-0.05, 0) is 56.0 Å². The molecule has 2 aliphatic carbocycles. The summed E-state index contributed by atoms with van der Waals surface area (Å²) in [4.78, 5) is 28.5. The number of likely N-dealkylation sites (N-methyl/N-ethyl adjacent to an activating group) is 1. The molecule has 4 aliphatic rings. The number of benzene rings is 2. The lowest BCUT2D eigenvalue weighted by molar-refractivity contribution is -0.386. The summed E-state index contributed by atoms with van der Waals surface area (Å²) in [6.07, 6.45) is -0.139. The van der Waals surface area contributed by atoms with Crippen molar-refractivity contribution in [2.45, 2.75) is 61.2 Å². The Balaban J connectivity index is 1.36. The molecule has 1 saturated heterocycles. The number of carbonyl (C=O) groups is 1. The van der Waals surface area contributed by atoms with E-state index in [0.717, 1.165) is 18.2 Å². The minimum absolute atomic E-state index is 0.101. The second-order valence-electron chi connectivity index (χ2n) is 11.6. The topological polar surface area (TPSA) is 126 Å². The van der Waals surface area contributed by atoms with Gasteiger partial charge in [0.25, 0.3) is 5.69 Å². The Morgan fingerprint density at radius 2 is 2.12 bits per heavy atom. The van der Waals surface area contributed by atoms with Crippen LogP contribution in [0.2, 0.25) is 0 Å². The zero-order valence-electron chi connectivity index (χ0n) is 23.2. The zero-order valence-corrected chi connectivity index (χ0v) is 23.2. The zero-order chi connectivity index (χ0) is 30.9. The van der Waals surface area contributed by atoms with E-state index in [9.17, 15) is 38.3 Å². The molecule has 228 valence electrons. The third-order valence-corrected chi connectivity index (χ3v) is 9.56. The number of aliphatic hydroxyl groups is 1. The number of hydrogen-bond acceptors (Lipinski definition) is 8. The standard InChI is InChI=1S/C30H30F3N3O7/c1-3-12-35-13-11-28-25-19-15-23(35)29(28,39)10-9-20(27(28)42-26(25)22(37)16-21(19)36(40)41)34(2)24(38)8-7-17-5-4-6-18(14-17)43-30(31,32)33/h3-8,14,16,20,23,27,37,39H,1,9-13,15H2,2H3/t20-,23+,27-,28-,29+/m0/s1. The molecule has 2 aromatic rings. The SMILES string of the molecule is C=CCN1CC[C@]23c4c5c([N+](=O)[O-])cc(O)c4O[C@H]2[C@@H](N(C)C(=O)C=Cc2cccc(OC(F)(F)F)c2)CC[C@@]3(O)[C@H]1C5. The van der Waals surface area contributed by atoms with E-state index in [1.54, 1.807) is 13.1 Å². The highest BCUT2D eigenvalue weighted by atomic mass is 19.4. The first-order valence-corrected chi connectivity index (χ1v) is 13.9. The predicted molar refractivity (Wildman–Crippen MR) is 148 cm³/mol. The van der Waals surface area contributed by atoms with E-state index in [-0.39, 0.29) is 24.3 Å². The van der Waals surface area contributed by atoms with Crippen molar-refractivity contribution in [2.75, 3.05) is 20.1 Å². The maximum Gasteiger partial charge on any atom is 0.573 e. The molecule has 2 aromatic carbocycles. The fourth-order valence-corrected chi connectivity index (χ4v) is 7.88. The van der Waals surface area contributed by atoms with E-state index in [4.69, 9.17) is 4.74 Å². The Morgan fingerprint density at radius 1 is 1.35 bits per heavy atom. The molecule has 6 rings (SSSR count). The van der Waals surface area contributed by atoms with Gasteiger partial charge in [-0.3, -0.25) is 19.8 Å². The largest absolute Gasteiger partial charge is 0.573 e. The maximum atomic E-state index is 13.4. The minimum Gasteiger partial charge on any atom is -0.504 e. The van der Waals surface area contributed by atoms with Crippen molar-refractivity contribution in [3.63, 3.8) is 0 Å². The second kappa shape index (κ2) is 9.98. The van der Waals surface area contributed by atoms with Crippen LogP contribution >= 0.6 is 0 Å². The molecule has 2 heterocycles. The van der Waals surface area contributed by atoms with Gasteiger partial charge in [-0.1, -0.05) is 18.2 Å². The molecule has 43 heavy (non-hydrogen) atoms. The van der Waals surface area contributed by atoms with Crippen molar-refractivity contribution in [1.82, 2.24) is 9.80 Å². The number of halogens is 3. The number of piperidine rings is 1. The molecule has 5 atom stereocenters. The molecule has 13 heteroatoms. The van der Waals surface area contributed by atoms with Crippen molar-refractivity contribution >= 4 is 17.7 Å². The lowest BCUT2D eigenvalue weighted by atomic mass is 9.48. The van der Waals surface area contributed by atoms with Gasteiger partial charge in [-0.15, -0.1) is 19.8 Å². The molecule has 2 fully saturated rings. The Bertz CT molecular complexity index is 1550. The number of alkyl halides is 3. The first kappa shape index (κ1) is 29.0. The van der Waals surface area contributed by atoms with Crippen LogP contribution in [-0.4, -0.2) is 81.1 Å². The minimum atomic E-state index is -4.85. The smallest absolute Gasteiger partial charge is 0.504 e. The molecule has 0 aromatic heterocycles. The van der Waals surface area contributed by atoms with Crippen molar-refractivity contribution in [1.29, 1.82) is 0 Å². The van der Waals surface area contributed by atoms with Crippen molar-refractivity contribution < 1.29 is 42.6 Å². The Morgan fingerprint density at radius 3 is 2.81 bits per heavy atom. The number of likely N-dealkylation sites (tertiary alicyclic amines) is 1. The number of carbonyl (C=O) groups excluding carboxylic acids is 1. The Kier molecular flexibility index (Phi) is 6.73. The summed E-state index contributed by atoms with van der Waals surface area (Å²) in [6, 6.07) is 5.25. The number of hydrogen-bond donors (Lipinski definition) is 2. The molecule has 1 saturated carbocycles. The molecule has 0 radical (unpaired) electrons. The van der Waals surface area contributed by atoms with E-state index in [0.29, 0.717) is 42.6 Å². The van der Waals surface area contributed by atoms with Crippen LogP contribution in [0.1, 0.15) is 36.0 Å². The molecule has 2 N–H and O–H groups in total. The number of rotatable bonds is 7. The van der Waals surface area contributed by atoms with E-state index in [1.807, 2.05) is 0 Å². The molecule has 2 bridgehead atoms. The molecule has 2 aliphatic heterocycles. The normalized spacial score (nSPS) is 29.1. The maximum absolute atomic E-state index is 13.4. The number of nitrogens with zero attached hydrogens (tertiary/aromatic N) is 3. The number of ether oxygens (including phenoxy) is 2. The van der Waals surface area contributed by atoms with Crippen molar-refractivity contribution in [3.05, 3.63) is 75.9 Å². The van der Waals surface area contributed by atoms with Crippen LogP contribution in [-0.2, 0) is 16.6 Å². The van der Waals surface area contributed by atoms with E-state index < -0.39 is 57.9 Å². The van der Waals surface area contributed by atoms with Gasteiger partial charge in [-0.2, -0.15) is 0 Å². The molecular formula is C30H30F3N3O7. The van der Waals surface area contributed by atoms with Gasteiger partial charge in [-0.25, -0.2) is 0 Å². The highest BCUT2D eigenvalue weighted by molar-refractivity contribution is 5.92. The number of phenols is 1. The first-order chi connectivity index (χ1) is 20.3. The lowest BCUT2D eigenvalue weighted by Crippen LogP contribution is -2.78. The third-order valence-electron chi connectivity index (χ3n) is 9.56. The van der Waals surface area contributed by atoms with Gasteiger partial charge < -0.3 is 24.6 Å². The van der Waals surface area contributed by atoms with Crippen LogP contribution in [0.15, 0.2) is 49.1 Å². The van der Waals surface area contributed by atoms with E-state index >= 15 is 0 Å². The Labute approximate surface area is 244 Å². The van der Waals surface area contributed by atoms with Gasteiger partial charge in [0.05, 0.1) is 28.0 Å². The van der Waals surface area contributed by atoms with Crippen LogP contribution < -0.4 is 9.47 Å². The summed E-state index contributed by atoms with van der Waals surface area (Å²) in [5, 5.41) is 35.5. The average Bonchev–Trinajstić information content (AvgIpc) is 3.28. The molecule has 0 unspecified atom stereocenters. The summed E-state index contributed by atoms with van der Waals surface area (Å²) in [5.74, 6) is -1.17. The van der Waals surface area contributed by atoms with Gasteiger partial charge in [0.2, 0.25) is 5.91 Å². The van der Waals surface area contributed by atoms with Crippen LogP contribution in [0, 0.1) is 10.1 Å². The molecule has 1 spiro atoms. The quantitative estimate of drug-likeness (QED) is 0.211. The number of aromatic hydroxyl groups is 1. The average molecular weight is 602 g/mol. The summed E-state index contributed by atoms with van der Waals surface area (Å²) < 4.78 is 48.3. The number of nitro benzene ring substituents is 1. The van der Waals surface area contributed by atoms with Crippen LogP contribution in [0.3, 0.4) is 0 Å². The third kappa shape index (κ3) is 4.36. The first-order valence-electron chi connectivity index (χ1n) is 13.9. The summed E-state index contributed by atoms with van der Waals surface area (Å²) in [7, 11) is 1.57. The molecule has 1 amide bonds. The molecule has 10 nitrogen and oxygen atoms in total. The fraction of sp³-hybridized carbons (Fsp3) is 0.433. The number of amides is 1. The number of nitro groups is 1. The summed E-state index contributed by atoms with van der Waals surface area (Å²) in [6.45, 7) is 4.85. The number of phenolic OH excluding ortho intramolecular Hbond substituents is 1. The monoisotopic (exact) mass is 601 g/mol. The summed E-state index contributed by atoms with van der Waals surface area (Å²) >= 11 is 0. The van der Waals surface area contributed by atoms with Crippen LogP contribution in [0.5, 0.6) is 17.2 Å². The molecular weight excluding hydrogens is 571 g/mol. The van der Waals surface area contributed by atoms with E-state index in [1.165, 1.54) is 29.2 Å². The predicted octanol–water partition coefficient (Wildman–Crippen LogP) is 4.08. The summed E-state index contributed by atoms with van der Waals surface area (Å²) in [5.41, 5.74) is -1.53. The van der Waals surface area contributed by atoms with Gasteiger partial charge in [0.15, 0.2) is 11.5 Å². The highest BCUT2D eigenvalue weighted by Gasteiger charge is 2.74. The van der Waals surface area contributed by atoms with Crippen LogP contribution in [0.25, 0.3) is 6.08 Å². The second-order valence-corrected chi connectivity index (χ2v) is 11.6. The van der Waals surface area contributed by atoms with Gasteiger partial charge in [0, 0.05) is 36.8 Å². The fourth-order valence-electron chi connectivity index (χ4n) is 7.88. The van der Waals surface area contributed by atoms with Crippen molar-refractivity contribution in [3.8, 4) is 17.2 Å². The van der Waals surface area contributed by atoms with Gasteiger partial charge in [0.1, 0.15) is 11.9 Å². The Hall–Kier alpha value is -4.10. The van der Waals surface area contributed by atoms with Crippen molar-refractivity contribution in [2.24, 2.45) is 0 Å². The van der Waals surface area contributed by atoms with Gasteiger partial charge >= 0.3 is 6.36 Å². The highest BCUT2D eigenvalue weighted by Crippen LogP contribution is 2.67. The van der Waals surface area contributed by atoms with Crippen LogP contribution in [0.4, 0.5) is 18.9 Å².